The lowest BCUT2D eigenvalue weighted by atomic mass is 9.95. The predicted molar refractivity (Wildman–Crippen MR) is 78.5 cm³/mol. The maximum Gasteiger partial charge on any atom is 0.417 e. The van der Waals surface area contributed by atoms with Crippen LogP contribution in [0.4, 0.5) is 13.2 Å². The first-order valence-corrected chi connectivity index (χ1v) is 6.90. The van der Waals surface area contributed by atoms with Crippen LogP contribution in [0.25, 0.3) is 5.57 Å². The molecule has 2 aromatic rings. The Hall–Kier alpha value is -2.96. The van der Waals surface area contributed by atoms with E-state index < -0.39 is 29.6 Å². The third-order valence-electron chi connectivity index (χ3n) is 3.40. The van der Waals surface area contributed by atoms with E-state index in [0.717, 1.165) is 0 Å². The number of para-hydroxylation sites is 2. The van der Waals surface area contributed by atoms with Crippen molar-refractivity contribution in [1.29, 1.82) is 0 Å². The van der Waals surface area contributed by atoms with E-state index in [1.165, 1.54) is 36.4 Å². The topological polar surface area (TPSA) is 55.8 Å². The summed E-state index contributed by atoms with van der Waals surface area (Å²) in [4.78, 5) is 11.5. The molecule has 0 fully saturated rings. The molecule has 0 aromatic heterocycles. The molecule has 24 heavy (non-hydrogen) atoms. The van der Waals surface area contributed by atoms with Crippen LogP contribution in [0.15, 0.2) is 60.2 Å². The minimum Gasteiger partial charge on any atom is -0.478 e. The second-order valence-electron chi connectivity index (χ2n) is 4.97. The highest BCUT2D eigenvalue weighted by molar-refractivity contribution is 6.00. The van der Waals surface area contributed by atoms with Gasteiger partial charge < -0.3 is 14.6 Å². The average Bonchev–Trinajstić information content (AvgIpc) is 2.53. The molecule has 1 heterocycles. The highest BCUT2D eigenvalue weighted by Crippen LogP contribution is 2.45. The monoisotopic (exact) mass is 336 g/mol. The molecule has 1 aliphatic rings. The summed E-state index contributed by atoms with van der Waals surface area (Å²) in [6.45, 7) is 0. The zero-order valence-corrected chi connectivity index (χ0v) is 12.1. The second-order valence-corrected chi connectivity index (χ2v) is 4.97. The number of allylic oxidation sites excluding steroid dienone is 1. The number of halogens is 3. The lowest BCUT2D eigenvalue weighted by Crippen LogP contribution is -2.36. The van der Waals surface area contributed by atoms with Gasteiger partial charge >= 0.3 is 12.1 Å². The van der Waals surface area contributed by atoms with Crippen molar-refractivity contribution >= 4 is 11.5 Å². The molecule has 0 saturated carbocycles. The van der Waals surface area contributed by atoms with Gasteiger partial charge in [-0.05, 0) is 18.2 Å². The molecule has 1 aliphatic heterocycles. The first-order valence-electron chi connectivity index (χ1n) is 6.90. The van der Waals surface area contributed by atoms with Crippen molar-refractivity contribution in [1.82, 2.24) is 0 Å². The Bertz CT molecular complexity index is 797. The minimum absolute atomic E-state index is 0.0873. The van der Waals surface area contributed by atoms with E-state index in [4.69, 9.17) is 9.47 Å². The Morgan fingerprint density at radius 2 is 1.67 bits per heavy atom. The molecular formula is C17H11F3O4. The Kier molecular flexibility index (Phi) is 3.92. The fraction of sp³-hybridized carbons (Fsp3) is 0.118. The normalized spacial score (nSPS) is 17.0. The molecule has 4 nitrogen and oxygen atoms in total. The molecule has 0 spiro atoms. The number of rotatable bonds is 3. The van der Waals surface area contributed by atoms with Gasteiger partial charge in [-0.1, -0.05) is 36.4 Å². The molecule has 2 aromatic carbocycles. The molecule has 124 valence electrons. The van der Waals surface area contributed by atoms with E-state index in [0.29, 0.717) is 0 Å². The SMILES string of the molecule is O=C(O)C1=C(C(F)(F)F)c2ccccc2OC1Oc1ccccc1. The number of fused-ring (bicyclic) bond motifs is 1. The van der Waals surface area contributed by atoms with Crippen molar-refractivity contribution in [3.8, 4) is 11.5 Å². The number of aliphatic carboxylic acids is 1. The Balaban J connectivity index is 2.15. The molecule has 1 atom stereocenters. The summed E-state index contributed by atoms with van der Waals surface area (Å²) in [5, 5.41) is 9.33. The van der Waals surface area contributed by atoms with Crippen molar-refractivity contribution in [3.63, 3.8) is 0 Å². The number of carboxylic acid groups (broad SMARTS) is 1. The molecule has 0 radical (unpaired) electrons. The summed E-state index contributed by atoms with van der Waals surface area (Å²) < 4.78 is 51.3. The number of carbonyl (C=O) groups is 1. The molecule has 7 heteroatoms. The van der Waals surface area contributed by atoms with Crippen molar-refractivity contribution < 1.29 is 32.5 Å². The van der Waals surface area contributed by atoms with Gasteiger partial charge in [0.25, 0.3) is 6.29 Å². The number of ether oxygens (including phenoxy) is 2. The first-order chi connectivity index (χ1) is 11.4. The second kappa shape index (κ2) is 5.92. The molecule has 0 aliphatic carbocycles. The summed E-state index contributed by atoms with van der Waals surface area (Å²) in [7, 11) is 0. The van der Waals surface area contributed by atoms with E-state index in [2.05, 4.69) is 0 Å². The molecule has 3 rings (SSSR count). The smallest absolute Gasteiger partial charge is 0.417 e. The van der Waals surface area contributed by atoms with Gasteiger partial charge in [-0.3, -0.25) is 0 Å². The number of benzene rings is 2. The van der Waals surface area contributed by atoms with E-state index in [9.17, 15) is 23.1 Å². The van der Waals surface area contributed by atoms with Crippen LogP contribution in [-0.4, -0.2) is 23.5 Å². The number of carboxylic acids is 1. The maximum absolute atomic E-state index is 13.5. The summed E-state index contributed by atoms with van der Waals surface area (Å²) >= 11 is 0. The minimum atomic E-state index is -4.87. The van der Waals surface area contributed by atoms with Crippen LogP contribution in [0.3, 0.4) is 0 Å². The van der Waals surface area contributed by atoms with Gasteiger partial charge in [-0.25, -0.2) is 4.79 Å². The molecule has 1 N–H and O–H groups in total. The van der Waals surface area contributed by atoms with Crippen LogP contribution in [0.2, 0.25) is 0 Å². The largest absolute Gasteiger partial charge is 0.478 e. The van der Waals surface area contributed by atoms with Gasteiger partial charge in [-0.15, -0.1) is 0 Å². The molecule has 0 bridgehead atoms. The third kappa shape index (κ3) is 2.92. The van der Waals surface area contributed by atoms with Crippen molar-refractivity contribution in [2.75, 3.05) is 0 Å². The Morgan fingerprint density at radius 1 is 1.04 bits per heavy atom. The van der Waals surface area contributed by atoms with Gasteiger partial charge in [0, 0.05) is 5.56 Å². The van der Waals surface area contributed by atoms with Crippen LogP contribution < -0.4 is 9.47 Å². The molecule has 0 saturated heterocycles. The Labute approximate surface area is 134 Å². The van der Waals surface area contributed by atoms with Crippen LogP contribution in [0.5, 0.6) is 11.5 Å². The molecule has 0 amide bonds. The van der Waals surface area contributed by atoms with E-state index in [1.54, 1.807) is 18.2 Å². The summed E-state index contributed by atoms with van der Waals surface area (Å²) in [6, 6.07) is 13.3. The van der Waals surface area contributed by atoms with Crippen molar-refractivity contribution in [2.45, 2.75) is 12.5 Å². The Morgan fingerprint density at radius 3 is 2.29 bits per heavy atom. The summed E-state index contributed by atoms with van der Waals surface area (Å²) in [5.41, 5.74) is -2.57. The van der Waals surface area contributed by atoms with Crippen LogP contribution >= 0.6 is 0 Å². The fourth-order valence-electron chi connectivity index (χ4n) is 2.43. The van der Waals surface area contributed by atoms with Crippen LogP contribution in [-0.2, 0) is 4.79 Å². The summed E-state index contributed by atoms with van der Waals surface area (Å²) in [5.74, 6) is -1.64. The maximum atomic E-state index is 13.5. The quantitative estimate of drug-likeness (QED) is 0.924. The van der Waals surface area contributed by atoms with E-state index in [-0.39, 0.29) is 17.1 Å². The highest BCUT2D eigenvalue weighted by atomic mass is 19.4. The van der Waals surface area contributed by atoms with Crippen LogP contribution in [0, 0.1) is 0 Å². The standard InChI is InChI=1S/C17H11F3O4/c18-17(19,20)14-11-8-4-5-9-12(11)24-16(13(14)15(21)22)23-10-6-2-1-3-7-10/h1-9,16H,(H,21,22). The zero-order valence-electron chi connectivity index (χ0n) is 12.1. The lowest BCUT2D eigenvalue weighted by molar-refractivity contribution is -0.136. The third-order valence-corrected chi connectivity index (χ3v) is 3.40. The van der Waals surface area contributed by atoms with Gasteiger partial charge in [-0.2, -0.15) is 13.2 Å². The molecule has 1 unspecified atom stereocenters. The van der Waals surface area contributed by atoms with E-state index >= 15 is 0 Å². The summed E-state index contributed by atoms with van der Waals surface area (Å²) in [6.07, 6.45) is -6.58. The fourth-order valence-corrected chi connectivity index (χ4v) is 2.43. The number of hydrogen-bond acceptors (Lipinski definition) is 3. The number of hydrogen-bond donors (Lipinski definition) is 1. The van der Waals surface area contributed by atoms with Gasteiger partial charge in [0.2, 0.25) is 0 Å². The highest BCUT2D eigenvalue weighted by Gasteiger charge is 2.46. The van der Waals surface area contributed by atoms with Gasteiger partial charge in [0.15, 0.2) is 0 Å². The van der Waals surface area contributed by atoms with Crippen molar-refractivity contribution in [2.24, 2.45) is 0 Å². The zero-order chi connectivity index (χ0) is 17.3. The van der Waals surface area contributed by atoms with E-state index in [1.807, 2.05) is 0 Å². The number of alkyl halides is 3. The van der Waals surface area contributed by atoms with Gasteiger partial charge in [0.1, 0.15) is 17.1 Å². The lowest BCUT2D eigenvalue weighted by Gasteiger charge is -2.30. The first kappa shape index (κ1) is 15.9. The van der Waals surface area contributed by atoms with Gasteiger partial charge in [0.05, 0.1) is 5.57 Å². The van der Waals surface area contributed by atoms with Crippen LogP contribution in [0.1, 0.15) is 5.56 Å². The van der Waals surface area contributed by atoms with Crippen molar-refractivity contribution in [3.05, 3.63) is 65.7 Å². The molecular weight excluding hydrogens is 325 g/mol. The predicted octanol–water partition coefficient (Wildman–Crippen LogP) is 3.88. The average molecular weight is 336 g/mol.